The summed E-state index contributed by atoms with van der Waals surface area (Å²) in [6, 6.07) is 1.40. The van der Waals surface area contributed by atoms with Crippen LogP contribution in [0.3, 0.4) is 0 Å². The summed E-state index contributed by atoms with van der Waals surface area (Å²) in [6.45, 7) is 5.70. The van der Waals surface area contributed by atoms with Gasteiger partial charge in [0.15, 0.2) is 0 Å². The molecule has 0 amide bonds. The zero-order valence-electron chi connectivity index (χ0n) is 14.0. The van der Waals surface area contributed by atoms with Crippen LogP contribution < -0.4 is 5.73 Å². The molecule has 0 radical (unpaired) electrons. The van der Waals surface area contributed by atoms with Gasteiger partial charge in [0.1, 0.15) is 0 Å². The molecule has 2 saturated carbocycles. The maximum Gasteiger partial charge on any atom is 0.0246 e. The molecule has 0 aromatic heterocycles. The highest BCUT2D eigenvalue weighted by atomic mass is 15.2. The Bertz CT molecular complexity index is 269. The van der Waals surface area contributed by atoms with Crippen molar-refractivity contribution in [3.63, 3.8) is 0 Å². The summed E-state index contributed by atoms with van der Waals surface area (Å²) in [5.41, 5.74) is 6.74. The molecule has 2 aliphatic rings. The van der Waals surface area contributed by atoms with E-state index in [9.17, 15) is 0 Å². The second-order valence-electron chi connectivity index (χ2n) is 8.12. The first-order valence-electron chi connectivity index (χ1n) is 8.95. The molecule has 20 heavy (non-hydrogen) atoms. The van der Waals surface area contributed by atoms with Crippen LogP contribution in [0.25, 0.3) is 0 Å². The monoisotopic (exact) mass is 280 g/mol. The molecule has 0 aromatic rings. The van der Waals surface area contributed by atoms with Gasteiger partial charge in [0.2, 0.25) is 0 Å². The lowest BCUT2D eigenvalue weighted by atomic mass is 9.74. The van der Waals surface area contributed by atoms with Gasteiger partial charge in [0, 0.05) is 18.6 Å². The standard InChI is InChI=1S/C18H36N2/c1-18(2)12-10-16(11-13-18)20(3)17(14-19)15-8-6-4-5-7-9-15/h15-17H,4-14,19H2,1-3H3. The largest absolute Gasteiger partial charge is 0.329 e. The summed E-state index contributed by atoms with van der Waals surface area (Å²) in [5, 5.41) is 0. The zero-order valence-corrected chi connectivity index (χ0v) is 14.0. The van der Waals surface area contributed by atoms with E-state index >= 15 is 0 Å². The first-order chi connectivity index (χ1) is 9.53. The van der Waals surface area contributed by atoms with Crippen LogP contribution in [0.1, 0.15) is 78.1 Å². The summed E-state index contributed by atoms with van der Waals surface area (Å²) >= 11 is 0. The van der Waals surface area contributed by atoms with Gasteiger partial charge < -0.3 is 5.73 Å². The van der Waals surface area contributed by atoms with Crippen molar-refractivity contribution in [3.05, 3.63) is 0 Å². The van der Waals surface area contributed by atoms with Gasteiger partial charge in [-0.25, -0.2) is 0 Å². The van der Waals surface area contributed by atoms with E-state index in [0.29, 0.717) is 11.5 Å². The van der Waals surface area contributed by atoms with E-state index in [0.717, 1.165) is 18.5 Å². The Morgan fingerprint density at radius 2 is 1.55 bits per heavy atom. The van der Waals surface area contributed by atoms with Crippen LogP contribution in [-0.2, 0) is 0 Å². The SMILES string of the molecule is CN(C1CCC(C)(C)CC1)C(CN)C1CCCCCC1. The van der Waals surface area contributed by atoms with Crippen LogP contribution in [0.2, 0.25) is 0 Å². The van der Waals surface area contributed by atoms with Crippen molar-refractivity contribution >= 4 is 0 Å². The van der Waals surface area contributed by atoms with Crippen molar-refractivity contribution in [1.82, 2.24) is 4.90 Å². The Kier molecular flexibility index (Phi) is 5.92. The number of likely N-dealkylation sites (N-methyl/N-ethyl adjacent to an activating group) is 1. The maximum absolute atomic E-state index is 6.17. The van der Waals surface area contributed by atoms with Gasteiger partial charge in [-0.15, -0.1) is 0 Å². The Balaban J connectivity index is 1.92. The predicted molar refractivity (Wildman–Crippen MR) is 87.8 cm³/mol. The second-order valence-corrected chi connectivity index (χ2v) is 8.12. The first kappa shape index (κ1) is 16.3. The summed E-state index contributed by atoms with van der Waals surface area (Å²) in [5.74, 6) is 0.849. The van der Waals surface area contributed by atoms with E-state index in [1.807, 2.05) is 0 Å². The van der Waals surface area contributed by atoms with Gasteiger partial charge in [-0.3, -0.25) is 4.90 Å². The lowest BCUT2D eigenvalue weighted by Gasteiger charge is -2.43. The molecule has 0 bridgehead atoms. The Labute approximate surface area is 126 Å². The highest BCUT2D eigenvalue weighted by Crippen LogP contribution is 2.38. The molecule has 118 valence electrons. The van der Waals surface area contributed by atoms with Crippen molar-refractivity contribution in [1.29, 1.82) is 0 Å². The molecular weight excluding hydrogens is 244 g/mol. The minimum atomic E-state index is 0.567. The summed E-state index contributed by atoms with van der Waals surface area (Å²) in [6.07, 6.45) is 14.0. The van der Waals surface area contributed by atoms with Crippen molar-refractivity contribution in [2.45, 2.75) is 90.1 Å². The molecule has 0 aromatic carbocycles. The minimum Gasteiger partial charge on any atom is -0.329 e. The highest BCUT2D eigenvalue weighted by molar-refractivity contribution is 4.88. The topological polar surface area (TPSA) is 29.3 Å². The average molecular weight is 280 g/mol. The van der Waals surface area contributed by atoms with Crippen molar-refractivity contribution < 1.29 is 0 Å². The van der Waals surface area contributed by atoms with Crippen LogP contribution in [0.4, 0.5) is 0 Å². The number of nitrogens with two attached hydrogens (primary N) is 1. The molecule has 2 nitrogen and oxygen atoms in total. The van der Waals surface area contributed by atoms with E-state index in [4.69, 9.17) is 5.73 Å². The second kappa shape index (κ2) is 7.26. The van der Waals surface area contributed by atoms with Gasteiger partial charge in [-0.05, 0) is 56.9 Å². The lowest BCUT2D eigenvalue weighted by molar-refractivity contribution is 0.0679. The van der Waals surface area contributed by atoms with E-state index in [2.05, 4.69) is 25.8 Å². The van der Waals surface area contributed by atoms with Crippen LogP contribution in [0.5, 0.6) is 0 Å². The third kappa shape index (κ3) is 4.21. The molecule has 1 unspecified atom stereocenters. The van der Waals surface area contributed by atoms with Gasteiger partial charge >= 0.3 is 0 Å². The summed E-state index contributed by atoms with van der Waals surface area (Å²) in [7, 11) is 2.35. The molecule has 2 rings (SSSR count). The fourth-order valence-corrected chi connectivity index (χ4v) is 4.45. The molecule has 2 heteroatoms. The number of hydrogen-bond acceptors (Lipinski definition) is 2. The van der Waals surface area contributed by atoms with Crippen LogP contribution >= 0.6 is 0 Å². The van der Waals surface area contributed by atoms with Crippen LogP contribution in [-0.4, -0.2) is 30.6 Å². The predicted octanol–water partition coefficient (Wildman–Crippen LogP) is 4.18. The normalized spacial score (nSPS) is 27.4. The fourth-order valence-electron chi connectivity index (χ4n) is 4.45. The van der Waals surface area contributed by atoms with Gasteiger partial charge in [0.25, 0.3) is 0 Å². The van der Waals surface area contributed by atoms with E-state index in [1.54, 1.807) is 0 Å². The molecule has 1 atom stereocenters. The average Bonchev–Trinajstić information content (AvgIpc) is 2.68. The molecule has 2 aliphatic carbocycles. The van der Waals surface area contributed by atoms with Crippen molar-refractivity contribution in [2.75, 3.05) is 13.6 Å². The molecule has 0 heterocycles. The summed E-state index contributed by atoms with van der Waals surface area (Å²) < 4.78 is 0. The molecule has 2 N–H and O–H groups in total. The molecule has 0 spiro atoms. The van der Waals surface area contributed by atoms with E-state index in [1.165, 1.54) is 64.2 Å². The first-order valence-corrected chi connectivity index (χ1v) is 8.95. The molecule has 2 fully saturated rings. The third-order valence-corrected chi connectivity index (χ3v) is 6.09. The molecule has 0 aliphatic heterocycles. The quantitative estimate of drug-likeness (QED) is 0.783. The molecule has 0 saturated heterocycles. The van der Waals surface area contributed by atoms with Gasteiger partial charge in [0.05, 0.1) is 0 Å². The highest BCUT2D eigenvalue weighted by Gasteiger charge is 2.33. The van der Waals surface area contributed by atoms with E-state index < -0.39 is 0 Å². The van der Waals surface area contributed by atoms with Gasteiger partial charge in [-0.2, -0.15) is 0 Å². The van der Waals surface area contributed by atoms with Crippen LogP contribution in [0, 0.1) is 11.3 Å². The van der Waals surface area contributed by atoms with Crippen LogP contribution in [0.15, 0.2) is 0 Å². The smallest absolute Gasteiger partial charge is 0.0246 e. The lowest BCUT2D eigenvalue weighted by Crippen LogP contribution is -2.49. The minimum absolute atomic E-state index is 0.567. The molecular formula is C18H36N2. The fraction of sp³-hybridized carbons (Fsp3) is 1.00. The Hall–Kier alpha value is -0.0800. The zero-order chi connectivity index (χ0) is 14.6. The number of rotatable bonds is 4. The number of nitrogens with zero attached hydrogens (tertiary/aromatic N) is 1. The Morgan fingerprint density at radius 3 is 2.05 bits per heavy atom. The Morgan fingerprint density at radius 1 is 1.00 bits per heavy atom. The number of hydrogen-bond donors (Lipinski definition) is 1. The maximum atomic E-state index is 6.17. The van der Waals surface area contributed by atoms with Crippen molar-refractivity contribution in [2.24, 2.45) is 17.1 Å². The third-order valence-electron chi connectivity index (χ3n) is 6.09. The van der Waals surface area contributed by atoms with E-state index in [-0.39, 0.29) is 0 Å². The summed E-state index contributed by atoms with van der Waals surface area (Å²) in [4.78, 5) is 2.67. The van der Waals surface area contributed by atoms with Gasteiger partial charge in [-0.1, -0.05) is 39.5 Å². The van der Waals surface area contributed by atoms with Crippen molar-refractivity contribution in [3.8, 4) is 0 Å².